The molecule has 0 aromatic carbocycles. The fourth-order valence-corrected chi connectivity index (χ4v) is 2.24. The molecule has 1 heterocycles. The van der Waals surface area contributed by atoms with Crippen molar-refractivity contribution in [2.75, 3.05) is 20.1 Å². The van der Waals surface area contributed by atoms with Gasteiger partial charge in [0.1, 0.15) is 0 Å². The van der Waals surface area contributed by atoms with Crippen LogP contribution in [0.15, 0.2) is 0 Å². The summed E-state index contributed by atoms with van der Waals surface area (Å²) >= 11 is 0. The molecule has 1 saturated heterocycles. The minimum absolute atomic E-state index is 0.0906. The number of rotatable bonds is 2. The number of amides is 1. The van der Waals surface area contributed by atoms with E-state index in [1.807, 2.05) is 0 Å². The first-order chi connectivity index (χ1) is 6.49. The number of hydrogen-bond donors (Lipinski definition) is 1. The molecule has 2 atom stereocenters. The van der Waals surface area contributed by atoms with Crippen molar-refractivity contribution in [3.63, 3.8) is 0 Å². The van der Waals surface area contributed by atoms with Gasteiger partial charge in [-0.15, -0.1) is 0 Å². The van der Waals surface area contributed by atoms with Crippen molar-refractivity contribution in [1.29, 1.82) is 0 Å². The van der Waals surface area contributed by atoms with Crippen molar-refractivity contribution in [2.45, 2.75) is 33.2 Å². The normalized spacial score (nSPS) is 29.2. The molecule has 0 saturated carbocycles. The molecule has 2 unspecified atom stereocenters. The summed E-state index contributed by atoms with van der Waals surface area (Å²) in [6.45, 7) is 8.26. The van der Waals surface area contributed by atoms with E-state index in [0.29, 0.717) is 17.9 Å². The molecule has 1 aliphatic heterocycles. The maximum atomic E-state index is 11.0. The van der Waals surface area contributed by atoms with Gasteiger partial charge in [-0.2, -0.15) is 0 Å². The van der Waals surface area contributed by atoms with Crippen molar-refractivity contribution in [1.82, 2.24) is 10.2 Å². The number of hydrogen-bond acceptors (Lipinski definition) is 2. The zero-order valence-electron chi connectivity index (χ0n) is 9.71. The van der Waals surface area contributed by atoms with Crippen LogP contribution >= 0.6 is 0 Å². The second-order valence-corrected chi connectivity index (χ2v) is 4.86. The van der Waals surface area contributed by atoms with Gasteiger partial charge < -0.3 is 10.2 Å². The fourth-order valence-electron chi connectivity index (χ4n) is 2.24. The Morgan fingerprint density at radius 2 is 2.07 bits per heavy atom. The number of nitrogens with zero attached hydrogens (tertiary/aromatic N) is 1. The lowest BCUT2D eigenvalue weighted by Gasteiger charge is -2.37. The Balaban J connectivity index is 2.49. The molecule has 14 heavy (non-hydrogen) atoms. The highest BCUT2D eigenvalue weighted by Crippen LogP contribution is 2.22. The number of piperidine rings is 1. The Labute approximate surface area is 86.9 Å². The van der Waals surface area contributed by atoms with Crippen LogP contribution in [0.25, 0.3) is 0 Å². The number of carbonyl (C=O) groups is 1. The summed E-state index contributed by atoms with van der Waals surface area (Å²) in [4.78, 5) is 13.3. The molecule has 0 spiro atoms. The predicted molar refractivity (Wildman–Crippen MR) is 58.0 cm³/mol. The molecule has 0 aliphatic carbocycles. The SMILES string of the molecule is CC(=O)NC1CC(C(C)C)CN(C)C1. The lowest BCUT2D eigenvalue weighted by Crippen LogP contribution is -2.49. The second kappa shape index (κ2) is 4.78. The number of carbonyl (C=O) groups excluding carboxylic acids is 1. The monoisotopic (exact) mass is 198 g/mol. The van der Waals surface area contributed by atoms with Crippen LogP contribution in [0, 0.1) is 11.8 Å². The maximum Gasteiger partial charge on any atom is 0.217 e. The van der Waals surface area contributed by atoms with Gasteiger partial charge in [-0.1, -0.05) is 13.8 Å². The molecule has 1 amide bonds. The van der Waals surface area contributed by atoms with Crippen LogP contribution in [-0.2, 0) is 4.79 Å². The Hall–Kier alpha value is -0.570. The van der Waals surface area contributed by atoms with Gasteiger partial charge >= 0.3 is 0 Å². The molecule has 0 aromatic heterocycles. The molecule has 0 aromatic rings. The topological polar surface area (TPSA) is 32.3 Å². The zero-order chi connectivity index (χ0) is 10.7. The van der Waals surface area contributed by atoms with Crippen LogP contribution in [0.3, 0.4) is 0 Å². The van der Waals surface area contributed by atoms with Crippen molar-refractivity contribution >= 4 is 5.91 Å². The molecule has 0 bridgehead atoms. The lowest BCUT2D eigenvalue weighted by atomic mass is 9.86. The molecule has 1 N–H and O–H groups in total. The summed E-state index contributed by atoms with van der Waals surface area (Å²) in [6, 6.07) is 0.346. The summed E-state index contributed by atoms with van der Waals surface area (Å²) < 4.78 is 0. The van der Waals surface area contributed by atoms with E-state index in [0.717, 1.165) is 19.5 Å². The molecule has 1 fully saturated rings. The zero-order valence-corrected chi connectivity index (χ0v) is 9.71. The van der Waals surface area contributed by atoms with E-state index in [1.165, 1.54) is 0 Å². The fraction of sp³-hybridized carbons (Fsp3) is 0.909. The van der Waals surface area contributed by atoms with E-state index in [4.69, 9.17) is 0 Å². The van der Waals surface area contributed by atoms with Gasteiger partial charge in [-0.3, -0.25) is 4.79 Å². The number of likely N-dealkylation sites (N-methyl/N-ethyl adjacent to an activating group) is 1. The van der Waals surface area contributed by atoms with E-state index in [1.54, 1.807) is 6.92 Å². The number of likely N-dealkylation sites (tertiary alicyclic amines) is 1. The Kier molecular flexibility index (Phi) is 3.93. The molecule has 1 aliphatic rings. The summed E-state index contributed by atoms with van der Waals surface area (Å²) in [6.07, 6.45) is 1.13. The average Bonchev–Trinajstić information content (AvgIpc) is 2.01. The van der Waals surface area contributed by atoms with Crippen molar-refractivity contribution < 1.29 is 4.79 Å². The molecule has 3 nitrogen and oxygen atoms in total. The van der Waals surface area contributed by atoms with Gasteiger partial charge in [-0.25, -0.2) is 0 Å². The van der Waals surface area contributed by atoms with Crippen LogP contribution in [0.2, 0.25) is 0 Å². The summed E-state index contributed by atoms with van der Waals surface area (Å²) in [5.74, 6) is 1.51. The lowest BCUT2D eigenvalue weighted by molar-refractivity contribution is -0.120. The summed E-state index contributed by atoms with van der Waals surface area (Å²) in [5.41, 5.74) is 0. The average molecular weight is 198 g/mol. The van der Waals surface area contributed by atoms with E-state index in [-0.39, 0.29) is 5.91 Å². The van der Waals surface area contributed by atoms with Crippen LogP contribution in [0.5, 0.6) is 0 Å². The third-order valence-corrected chi connectivity index (χ3v) is 3.02. The minimum atomic E-state index is 0.0906. The first-order valence-electron chi connectivity index (χ1n) is 5.44. The first-order valence-corrected chi connectivity index (χ1v) is 5.44. The third kappa shape index (κ3) is 3.29. The van der Waals surface area contributed by atoms with E-state index in [9.17, 15) is 4.79 Å². The Morgan fingerprint density at radius 3 is 2.57 bits per heavy atom. The van der Waals surface area contributed by atoms with Crippen LogP contribution < -0.4 is 5.32 Å². The van der Waals surface area contributed by atoms with Gasteiger partial charge in [0.05, 0.1) is 0 Å². The predicted octanol–water partition coefficient (Wildman–Crippen LogP) is 1.10. The molecule has 1 rings (SSSR count). The summed E-state index contributed by atoms with van der Waals surface area (Å²) in [7, 11) is 2.13. The first kappa shape index (κ1) is 11.5. The van der Waals surface area contributed by atoms with Gasteiger partial charge in [0.25, 0.3) is 0 Å². The van der Waals surface area contributed by atoms with E-state index in [2.05, 4.69) is 31.1 Å². The van der Waals surface area contributed by atoms with Gasteiger partial charge in [0.15, 0.2) is 0 Å². The molecule has 82 valence electrons. The van der Waals surface area contributed by atoms with Crippen molar-refractivity contribution in [2.24, 2.45) is 11.8 Å². The van der Waals surface area contributed by atoms with E-state index < -0.39 is 0 Å². The van der Waals surface area contributed by atoms with Gasteiger partial charge in [-0.05, 0) is 25.3 Å². The minimum Gasteiger partial charge on any atom is -0.352 e. The Bertz CT molecular complexity index is 203. The molecule has 3 heteroatoms. The highest BCUT2D eigenvalue weighted by molar-refractivity contribution is 5.73. The molecule has 0 radical (unpaired) electrons. The largest absolute Gasteiger partial charge is 0.352 e. The highest BCUT2D eigenvalue weighted by atomic mass is 16.1. The molecular weight excluding hydrogens is 176 g/mol. The Morgan fingerprint density at radius 1 is 1.43 bits per heavy atom. The molecular formula is C11H22N2O. The quantitative estimate of drug-likeness (QED) is 0.720. The smallest absolute Gasteiger partial charge is 0.217 e. The number of nitrogens with one attached hydrogen (secondary N) is 1. The van der Waals surface area contributed by atoms with Crippen LogP contribution in [0.1, 0.15) is 27.2 Å². The third-order valence-electron chi connectivity index (χ3n) is 3.02. The van der Waals surface area contributed by atoms with Crippen LogP contribution in [0.4, 0.5) is 0 Å². The van der Waals surface area contributed by atoms with Crippen molar-refractivity contribution in [3.8, 4) is 0 Å². The van der Waals surface area contributed by atoms with E-state index >= 15 is 0 Å². The van der Waals surface area contributed by atoms with Crippen molar-refractivity contribution in [3.05, 3.63) is 0 Å². The maximum absolute atomic E-state index is 11.0. The second-order valence-electron chi connectivity index (χ2n) is 4.86. The standard InChI is InChI=1S/C11H22N2O/c1-8(2)10-5-11(12-9(3)14)7-13(4)6-10/h8,10-11H,5-7H2,1-4H3,(H,12,14). The van der Waals surface area contributed by atoms with Gasteiger partial charge in [0, 0.05) is 26.1 Å². The summed E-state index contributed by atoms with van der Waals surface area (Å²) in [5, 5.41) is 3.02. The van der Waals surface area contributed by atoms with Crippen LogP contribution in [-0.4, -0.2) is 37.0 Å². The highest BCUT2D eigenvalue weighted by Gasteiger charge is 2.27. The van der Waals surface area contributed by atoms with Gasteiger partial charge in [0.2, 0.25) is 5.91 Å².